The minimum atomic E-state index is -0.0627. The maximum atomic E-state index is 5.53. The molecule has 1 aromatic rings. The molecule has 0 spiro atoms. The SMILES string of the molecule is C#CCOC(c1ccccc1)N(C)C. The Bertz CT molecular complexity index is 300. The molecule has 0 aliphatic carbocycles. The van der Waals surface area contributed by atoms with Gasteiger partial charge in [-0.05, 0) is 19.7 Å². The quantitative estimate of drug-likeness (QED) is 0.530. The first-order valence-electron chi connectivity index (χ1n) is 4.52. The van der Waals surface area contributed by atoms with E-state index in [9.17, 15) is 0 Å². The van der Waals surface area contributed by atoms with Crippen molar-refractivity contribution >= 4 is 0 Å². The number of hydrogen-bond acceptors (Lipinski definition) is 2. The van der Waals surface area contributed by atoms with Gasteiger partial charge >= 0.3 is 0 Å². The molecule has 0 bridgehead atoms. The Labute approximate surface area is 85.5 Å². The van der Waals surface area contributed by atoms with Crippen molar-refractivity contribution < 1.29 is 4.74 Å². The number of hydrogen-bond donors (Lipinski definition) is 0. The van der Waals surface area contributed by atoms with Crippen molar-refractivity contribution in [2.45, 2.75) is 6.23 Å². The van der Waals surface area contributed by atoms with E-state index in [2.05, 4.69) is 5.92 Å². The third kappa shape index (κ3) is 2.88. The number of terminal acetylenes is 1. The van der Waals surface area contributed by atoms with Gasteiger partial charge < -0.3 is 4.74 Å². The summed E-state index contributed by atoms with van der Waals surface area (Å²) in [7, 11) is 3.93. The summed E-state index contributed by atoms with van der Waals surface area (Å²) in [6.07, 6.45) is 5.10. The van der Waals surface area contributed by atoms with Crippen LogP contribution in [-0.4, -0.2) is 25.6 Å². The summed E-state index contributed by atoms with van der Waals surface area (Å²) in [4.78, 5) is 1.99. The van der Waals surface area contributed by atoms with E-state index >= 15 is 0 Å². The average molecular weight is 189 g/mol. The lowest BCUT2D eigenvalue weighted by Crippen LogP contribution is -2.22. The zero-order valence-electron chi connectivity index (χ0n) is 8.60. The largest absolute Gasteiger partial charge is 0.346 e. The molecule has 1 aromatic carbocycles. The van der Waals surface area contributed by atoms with Gasteiger partial charge in [-0.1, -0.05) is 36.3 Å². The van der Waals surface area contributed by atoms with Crippen LogP contribution in [0, 0.1) is 12.3 Å². The van der Waals surface area contributed by atoms with Gasteiger partial charge in [-0.15, -0.1) is 6.42 Å². The summed E-state index contributed by atoms with van der Waals surface area (Å²) < 4.78 is 5.53. The van der Waals surface area contributed by atoms with E-state index in [4.69, 9.17) is 11.2 Å². The van der Waals surface area contributed by atoms with Crippen molar-refractivity contribution in [3.63, 3.8) is 0 Å². The smallest absolute Gasteiger partial charge is 0.137 e. The first-order chi connectivity index (χ1) is 6.75. The average Bonchev–Trinajstić information content (AvgIpc) is 2.19. The van der Waals surface area contributed by atoms with Crippen LogP contribution in [0.25, 0.3) is 0 Å². The van der Waals surface area contributed by atoms with Gasteiger partial charge in [0.2, 0.25) is 0 Å². The van der Waals surface area contributed by atoms with Crippen molar-refractivity contribution in [2.24, 2.45) is 0 Å². The molecule has 0 fully saturated rings. The van der Waals surface area contributed by atoms with Gasteiger partial charge in [-0.3, -0.25) is 4.90 Å². The standard InChI is InChI=1S/C12H15NO/c1-4-10-14-12(13(2)3)11-8-6-5-7-9-11/h1,5-9,12H,10H2,2-3H3. The molecule has 1 unspecified atom stereocenters. The van der Waals surface area contributed by atoms with Gasteiger partial charge in [0, 0.05) is 0 Å². The second kappa shape index (κ2) is 5.43. The lowest BCUT2D eigenvalue weighted by atomic mass is 10.2. The van der Waals surface area contributed by atoms with Crippen molar-refractivity contribution in [3.8, 4) is 12.3 Å². The van der Waals surface area contributed by atoms with Crippen LogP contribution >= 0.6 is 0 Å². The van der Waals surface area contributed by atoms with Gasteiger partial charge in [0.25, 0.3) is 0 Å². The Kier molecular flexibility index (Phi) is 4.18. The molecule has 0 aliphatic rings. The fourth-order valence-corrected chi connectivity index (χ4v) is 1.29. The summed E-state index contributed by atoms with van der Waals surface area (Å²) in [5.41, 5.74) is 1.12. The normalized spacial score (nSPS) is 12.4. The minimum absolute atomic E-state index is 0.0627. The number of benzene rings is 1. The third-order valence-electron chi connectivity index (χ3n) is 1.88. The van der Waals surface area contributed by atoms with E-state index in [1.165, 1.54) is 0 Å². The molecular formula is C12H15NO. The molecule has 1 atom stereocenters. The Morgan fingerprint density at radius 3 is 2.50 bits per heavy atom. The maximum absolute atomic E-state index is 5.53. The van der Waals surface area contributed by atoms with Crippen LogP contribution in [-0.2, 0) is 4.74 Å². The lowest BCUT2D eigenvalue weighted by molar-refractivity contribution is -0.0222. The number of nitrogens with zero attached hydrogens (tertiary/aromatic N) is 1. The van der Waals surface area contributed by atoms with Crippen molar-refractivity contribution in [2.75, 3.05) is 20.7 Å². The molecule has 0 N–H and O–H groups in total. The van der Waals surface area contributed by atoms with Crippen LogP contribution in [0.5, 0.6) is 0 Å². The Balaban J connectivity index is 2.74. The summed E-state index contributed by atoms with van der Waals surface area (Å²) in [5, 5.41) is 0. The van der Waals surface area contributed by atoms with Gasteiger partial charge in [-0.2, -0.15) is 0 Å². The minimum Gasteiger partial charge on any atom is -0.346 e. The van der Waals surface area contributed by atoms with Crippen LogP contribution in [0.1, 0.15) is 11.8 Å². The molecule has 14 heavy (non-hydrogen) atoms. The fraction of sp³-hybridized carbons (Fsp3) is 0.333. The van der Waals surface area contributed by atoms with Gasteiger partial charge in [0.05, 0.1) is 0 Å². The van der Waals surface area contributed by atoms with Crippen molar-refractivity contribution in [1.82, 2.24) is 4.90 Å². The topological polar surface area (TPSA) is 12.5 Å². The van der Waals surface area contributed by atoms with Crippen LogP contribution in [0.4, 0.5) is 0 Å². The Hall–Kier alpha value is -1.30. The molecule has 0 amide bonds. The van der Waals surface area contributed by atoms with Gasteiger partial charge in [0.15, 0.2) is 0 Å². The molecule has 0 aliphatic heterocycles. The first-order valence-corrected chi connectivity index (χ1v) is 4.52. The summed E-state index contributed by atoms with van der Waals surface area (Å²) in [5.74, 6) is 2.47. The maximum Gasteiger partial charge on any atom is 0.137 e. The van der Waals surface area contributed by atoms with E-state index in [-0.39, 0.29) is 6.23 Å². The molecule has 0 saturated heterocycles. The lowest BCUT2D eigenvalue weighted by Gasteiger charge is -2.23. The Morgan fingerprint density at radius 2 is 2.00 bits per heavy atom. The molecule has 2 nitrogen and oxygen atoms in total. The second-order valence-electron chi connectivity index (χ2n) is 3.24. The highest BCUT2D eigenvalue weighted by molar-refractivity contribution is 5.17. The monoisotopic (exact) mass is 189 g/mol. The molecule has 2 heteroatoms. The Morgan fingerprint density at radius 1 is 1.36 bits per heavy atom. The molecule has 0 saturated carbocycles. The van der Waals surface area contributed by atoms with E-state index in [1.807, 2.05) is 49.3 Å². The molecule has 0 radical (unpaired) electrons. The van der Waals surface area contributed by atoms with Crippen LogP contribution in [0.15, 0.2) is 30.3 Å². The van der Waals surface area contributed by atoms with Gasteiger partial charge in [0.1, 0.15) is 12.8 Å². The second-order valence-corrected chi connectivity index (χ2v) is 3.24. The summed E-state index contributed by atoms with van der Waals surface area (Å²) >= 11 is 0. The fourth-order valence-electron chi connectivity index (χ4n) is 1.29. The van der Waals surface area contributed by atoms with Crippen LogP contribution < -0.4 is 0 Å². The van der Waals surface area contributed by atoms with Crippen LogP contribution in [0.2, 0.25) is 0 Å². The zero-order valence-corrected chi connectivity index (χ0v) is 8.60. The predicted octanol–water partition coefficient (Wildman–Crippen LogP) is 1.90. The molecule has 74 valence electrons. The molecule has 0 heterocycles. The summed E-state index contributed by atoms with van der Waals surface area (Å²) in [6.45, 7) is 0.331. The number of rotatable bonds is 4. The van der Waals surface area contributed by atoms with Crippen molar-refractivity contribution in [1.29, 1.82) is 0 Å². The van der Waals surface area contributed by atoms with E-state index in [0.717, 1.165) is 5.56 Å². The predicted molar refractivity (Wildman–Crippen MR) is 57.7 cm³/mol. The molecular weight excluding hydrogens is 174 g/mol. The van der Waals surface area contributed by atoms with E-state index in [0.29, 0.717) is 6.61 Å². The molecule has 0 aromatic heterocycles. The van der Waals surface area contributed by atoms with E-state index in [1.54, 1.807) is 0 Å². The van der Waals surface area contributed by atoms with Gasteiger partial charge in [-0.25, -0.2) is 0 Å². The zero-order chi connectivity index (χ0) is 10.4. The van der Waals surface area contributed by atoms with E-state index < -0.39 is 0 Å². The summed E-state index contributed by atoms with van der Waals surface area (Å²) in [6, 6.07) is 10.0. The third-order valence-corrected chi connectivity index (χ3v) is 1.88. The highest BCUT2D eigenvalue weighted by Gasteiger charge is 2.12. The van der Waals surface area contributed by atoms with Crippen LogP contribution in [0.3, 0.4) is 0 Å². The highest BCUT2D eigenvalue weighted by Crippen LogP contribution is 2.18. The molecule has 1 rings (SSSR count). The first kappa shape index (κ1) is 10.8. The van der Waals surface area contributed by atoms with Crippen molar-refractivity contribution in [3.05, 3.63) is 35.9 Å². The number of ether oxygens (including phenoxy) is 1. The highest BCUT2D eigenvalue weighted by atomic mass is 16.5.